The smallest absolute Gasteiger partial charge is 0.146 e. The van der Waals surface area contributed by atoms with Crippen molar-refractivity contribution in [3.63, 3.8) is 0 Å². The van der Waals surface area contributed by atoms with Crippen LogP contribution in [0.4, 0.5) is 0 Å². The molecule has 4 aromatic rings. The molecule has 0 unspecified atom stereocenters. The Morgan fingerprint density at radius 2 is 1.00 bits per heavy atom. The third-order valence-corrected chi connectivity index (χ3v) is 5.71. The standard InChI is InChI=1S/C16H16.C8H10.C7H7Cl.C6H9NO.C3H6.5C2H6/c1-13-3-7-15(8-4-13)11-12-16-9-5-14(2)6-10-16;1-2-8-6-4-3-5-7-8;1-6-3-2-4-7(8)5-6;1-3-5-6(4-2)8-7;1-3-2;5*1-2/h3-12H,1-2H3;3-7H,2H2,1H3;2-5H,1H3;3-5H,1-2,7H2;3H,1H2,2H3;5*1-2H3/b12-11+;;;6-5+;;;;;;. The SMILES string of the molecule is C=C/C=C(\C=C)ON.C=CC.CC.CC.CC.CC.CC.CCc1ccccc1.Cc1ccc(/C=C/c2ccc(C)cc2)cc1.Cc1cccc(Cl)c1. The van der Waals surface area contributed by atoms with E-state index in [4.69, 9.17) is 17.5 Å². The molecule has 2 nitrogen and oxygen atoms in total. The zero-order valence-corrected chi connectivity index (χ0v) is 37.2. The van der Waals surface area contributed by atoms with Crippen molar-refractivity contribution in [1.82, 2.24) is 0 Å². The van der Waals surface area contributed by atoms with E-state index in [0.717, 1.165) is 11.4 Å². The van der Waals surface area contributed by atoms with Gasteiger partial charge in [0.2, 0.25) is 0 Å². The van der Waals surface area contributed by atoms with Crippen molar-refractivity contribution < 1.29 is 4.84 Å². The highest BCUT2D eigenvalue weighted by molar-refractivity contribution is 6.30. The van der Waals surface area contributed by atoms with Crippen LogP contribution in [0.3, 0.4) is 0 Å². The number of hydrogen-bond donors (Lipinski definition) is 1. The summed E-state index contributed by atoms with van der Waals surface area (Å²) in [6, 6.07) is 35.3. The molecule has 0 atom stereocenters. The highest BCUT2D eigenvalue weighted by atomic mass is 35.5. The Hall–Kier alpha value is -4.37. The van der Waals surface area contributed by atoms with Gasteiger partial charge in [-0.05, 0) is 80.7 Å². The summed E-state index contributed by atoms with van der Waals surface area (Å²) in [6.07, 6.45) is 11.9. The van der Waals surface area contributed by atoms with Gasteiger partial charge in [0.15, 0.2) is 0 Å². The van der Waals surface area contributed by atoms with Gasteiger partial charge in [-0.2, -0.15) is 5.90 Å². The lowest BCUT2D eigenvalue weighted by atomic mass is 10.1. The van der Waals surface area contributed by atoms with Crippen LogP contribution >= 0.6 is 11.6 Å². The highest BCUT2D eigenvalue weighted by Crippen LogP contribution is 2.10. The molecule has 0 radical (unpaired) electrons. The quantitative estimate of drug-likeness (QED) is 0.0702. The first kappa shape index (κ1) is 60.7. The van der Waals surface area contributed by atoms with Gasteiger partial charge in [-0.25, -0.2) is 0 Å². The summed E-state index contributed by atoms with van der Waals surface area (Å²) in [7, 11) is 0. The minimum atomic E-state index is 0.514. The van der Waals surface area contributed by atoms with Crippen LogP contribution in [0, 0.1) is 20.8 Å². The zero-order valence-electron chi connectivity index (χ0n) is 36.5. The average Bonchev–Trinajstić information content (AvgIpc) is 3.22. The van der Waals surface area contributed by atoms with Gasteiger partial charge in [-0.3, -0.25) is 0 Å². The summed E-state index contributed by atoms with van der Waals surface area (Å²) in [6.45, 7) is 40.5. The number of nitrogens with two attached hydrogens (primary N) is 1. The second-order valence-corrected chi connectivity index (χ2v) is 9.76. The molecule has 0 heterocycles. The maximum atomic E-state index is 5.64. The van der Waals surface area contributed by atoms with Crippen molar-refractivity contribution in [3.8, 4) is 0 Å². The van der Waals surface area contributed by atoms with E-state index in [-0.39, 0.29) is 0 Å². The van der Waals surface area contributed by atoms with E-state index in [1.807, 2.05) is 113 Å². The predicted molar refractivity (Wildman–Crippen MR) is 250 cm³/mol. The molecular formula is C50H78ClNO. The Labute approximate surface area is 334 Å². The van der Waals surface area contributed by atoms with Crippen molar-refractivity contribution in [2.24, 2.45) is 5.90 Å². The molecular weight excluding hydrogens is 666 g/mol. The second-order valence-electron chi connectivity index (χ2n) is 9.33. The van der Waals surface area contributed by atoms with Gasteiger partial charge < -0.3 is 4.84 Å². The van der Waals surface area contributed by atoms with E-state index in [1.54, 1.807) is 18.2 Å². The monoisotopic (exact) mass is 744 g/mol. The summed E-state index contributed by atoms with van der Waals surface area (Å²) in [5.41, 5.74) is 7.70. The topological polar surface area (TPSA) is 35.2 Å². The molecule has 0 aliphatic heterocycles. The molecule has 2 N–H and O–H groups in total. The molecule has 0 saturated carbocycles. The van der Waals surface area contributed by atoms with E-state index >= 15 is 0 Å². The van der Waals surface area contributed by atoms with Crippen LogP contribution in [-0.2, 0) is 11.3 Å². The number of aryl methyl sites for hydroxylation is 4. The van der Waals surface area contributed by atoms with Gasteiger partial charge in [0.05, 0.1) is 0 Å². The molecule has 0 amide bonds. The summed E-state index contributed by atoms with van der Waals surface area (Å²) in [5.74, 6) is 5.30. The Bertz CT molecular complexity index is 1290. The Morgan fingerprint density at radius 1 is 0.604 bits per heavy atom. The lowest BCUT2D eigenvalue weighted by molar-refractivity contribution is 0.234. The molecule has 4 aromatic carbocycles. The normalized spacial score (nSPS) is 8.43. The summed E-state index contributed by atoms with van der Waals surface area (Å²) in [4.78, 5) is 4.31. The summed E-state index contributed by atoms with van der Waals surface area (Å²) < 4.78 is 0. The lowest BCUT2D eigenvalue weighted by Gasteiger charge is -1.96. The number of allylic oxidation sites excluding steroid dienone is 4. The average molecular weight is 745 g/mol. The molecule has 3 heteroatoms. The van der Waals surface area contributed by atoms with Crippen molar-refractivity contribution in [2.75, 3.05) is 0 Å². The van der Waals surface area contributed by atoms with E-state index in [2.05, 4.69) is 130 Å². The fraction of sp³-hybridized carbons (Fsp3) is 0.320. The summed E-state index contributed by atoms with van der Waals surface area (Å²) in [5, 5.41) is 0.810. The van der Waals surface area contributed by atoms with E-state index in [0.29, 0.717) is 5.76 Å². The minimum Gasteiger partial charge on any atom is -0.412 e. The van der Waals surface area contributed by atoms with Crippen molar-refractivity contribution in [2.45, 2.75) is 110 Å². The van der Waals surface area contributed by atoms with Crippen molar-refractivity contribution >= 4 is 23.8 Å². The van der Waals surface area contributed by atoms with Gasteiger partial charge in [-0.1, -0.05) is 227 Å². The van der Waals surface area contributed by atoms with Crippen LogP contribution in [0.5, 0.6) is 0 Å². The van der Waals surface area contributed by atoms with Gasteiger partial charge in [-0.15, -0.1) is 6.58 Å². The molecule has 0 bridgehead atoms. The lowest BCUT2D eigenvalue weighted by Crippen LogP contribution is -1.95. The van der Waals surface area contributed by atoms with Crippen LogP contribution in [0.15, 0.2) is 153 Å². The van der Waals surface area contributed by atoms with Crippen LogP contribution in [-0.4, -0.2) is 0 Å². The largest absolute Gasteiger partial charge is 0.412 e. The molecule has 296 valence electrons. The molecule has 0 aliphatic carbocycles. The molecule has 0 spiro atoms. The van der Waals surface area contributed by atoms with E-state index in [9.17, 15) is 0 Å². The fourth-order valence-electron chi connectivity index (χ4n) is 3.14. The number of halogens is 1. The van der Waals surface area contributed by atoms with E-state index < -0.39 is 0 Å². The predicted octanol–water partition coefficient (Wildman–Crippen LogP) is 16.8. The van der Waals surface area contributed by atoms with Crippen molar-refractivity contribution in [3.05, 3.63) is 191 Å². The highest BCUT2D eigenvalue weighted by Gasteiger charge is 1.89. The number of rotatable bonds is 6. The van der Waals surface area contributed by atoms with Crippen LogP contribution in [0.25, 0.3) is 12.2 Å². The van der Waals surface area contributed by atoms with Gasteiger partial charge in [0, 0.05) is 5.02 Å². The molecule has 53 heavy (non-hydrogen) atoms. The Balaban J connectivity index is -0.000000130. The number of benzene rings is 4. The maximum Gasteiger partial charge on any atom is 0.146 e. The molecule has 0 saturated heterocycles. The molecule has 0 aliphatic rings. The third kappa shape index (κ3) is 43.7. The number of hydrogen-bond acceptors (Lipinski definition) is 2. The minimum absolute atomic E-state index is 0.514. The molecule has 0 fully saturated rings. The zero-order chi connectivity index (χ0) is 42.3. The summed E-state index contributed by atoms with van der Waals surface area (Å²) >= 11 is 5.64. The van der Waals surface area contributed by atoms with Crippen LogP contribution < -0.4 is 5.90 Å². The molecule has 0 aromatic heterocycles. The Kier molecular flexibility index (Phi) is 59.6. The third-order valence-electron chi connectivity index (χ3n) is 5.47. The second kappa shape index (κ2) is 52.0. The van der Waals surface area contributed by atoms with E-state index in [1.165, 1.54) is 39.5 Å². The van der Waals surface area contributed by atoms with Crippen LogP contribution in [0.2, 0.25) is 5.02 Å². The van der Waals surface area contributed by atoms with Gasteiger partial charge >= 0.3 is 0 Å². The fourth-order valence-corrected chi connectivity index (χ4v) is 3.38. The Morgan fingerprint density at radius 3 is 1.23 bits per heavy atom. The first-order valence-electron chi connectivity index (χ1n) is 19.2. The van der Waals surface area contributed by atoms with Gasteiger partial charge in [0.1, 0.15) is 5.76 Å². The van der Waals surface area contributed by atoms with Crippen molar-refractivity contribution in [1.29, 1.82) is 0 Å². The first-order valence-corrected chi connectivity index (χ1v) is 19.6. The molecule has 4 rings (SSSR count). The van der Waals surface area contributed by atoms with Gasteiger partial charge in [0.25, 0.3) is 0 Å². The first-order chi connectivity index (χ1) is 25.7. The maximum absolute atomic E-state index is 5.64. The van der Waals surface area contributed by atoms with Crippen LogP contribution in [0.1, 0.15) is 116 Å².